The highest BCUT2D eigenvalue weighted by atomic mass is 32.2. The van der Waals surface area contributed by atoms with Crippen molar-refractivity contribution in [1.82, 2.24) is 4.90 Å². The Hall–Kier alpha value is -1.29. The van der Waals surface area contributed by atoms with Crippen molar-refractivity contribution in [2.24, 2.45) is 5.73 Å². The SMILES string of the molecule is CSCCN(C)Cc1ccc(-c2ccccc2CN)cc1. The number of rotatable bonds is 7. The van der Waals surface area contributed by atoms with Crippen LogP contribution in [0.4, 0.5) is 0 Å². The summed E-state index contributed by atoms with van der Waals surface area (Å²) in [6.45, 7) is 2.70. The molecule has 0 heterocycles. The van der Waals surface area contributed by atoms with Gasteiger partial charge in [-0.25, -0.2) is 0 Å². The summed E-state index contributed by atoms with van der Waals surface area (Å²) in [5.74, 6) is 1.18. The van der Waals surface area contributed by atoms with Gasteiger partial charge in [-0.2, -0.15) is 11.8 Å². The molecule has 0 aromatic heterocycles. The van der Waals surface area contributed by atoms with Crippen molar-refractivity contribution >= 4 is 11.8 Å². The fourth-order valence-corrected chi connectivity index (χ4v) is 2.90. The second kappa shape index (κ2) is 8.23. The van der Waals surface area contributed by atoms with Crippen LogP contribution in [0.2, 0.25) is 0 Å². The van der Waals surface area contributed by atoms with Crippen molar-refractivity contribution in [2.45, 2.75) is 13.1 Å². The fraction of sp³-hybridized carbons (Fsp3) is 0.333. The molecule has 0 unspecified atom stereocenters. The number of benzene rings is 2. The van der Waals surface area contributed by atoms with Crippen LogP contribution in [-0.4, -0.2) is 30.5 Å². The molecule has 2 aromatic carbocycles. The zero-order valence-corrected chi connectivity index (χ0v) is 13.7. The highest BCUT2D eigenvalue weighted by Gasteiger charge is 2.04. The number of hydrogen-bond acceptors (Lipinski definition) is 3. The average molecular weight is 300 g/mol. The lowest BCUT2D eigenvalue weighted by atomic mass is 9.99. The van der Waals surface area contributed by atoms with Crippen molar-refractivity contribution in [3.63, 3.8) is 0 Å². The lowest BCUT2D eigenvalue weighted by molar-refractivity contribution is 0.349. The minimum atomic E-state index is 0.579. The first-order valence-corrected chi connectivity index (χ1v) is 8.68. The van der Waals surface area contributed by atoms with Gasteiger partial charge < -0.3 is 10.6 Å². The Balaban J connectivity index is 2.08. The molecule has 2 rings (SSSR count). The first-order valence-electron chi connectivity index (χ1n) is 7.29. The molecule has 2 N–H and O–H groups in total. The molecule has 0 radical (unpaired) electrons. The van der Waals surface area contributed by atoms with Gasteiger partial charge in [0.25, 0.3) is 0 Å². The molecule has 2 nitrogen and oxygen atoms in total. The number of nitrogens with two attached hydrogens (primary N) is 1. The molecule has 0 aliphatic heterocycles. The largest absolute Gasteiger partial charge is 0.326 e. The first-order chi connectivity index (χ1) is 10.2. The normalized spacial score (nSPS) is 11.0. The van der Waals surface area contributed by atoms with Gasteiger partial charge in [0.05, 0.1) is 0 Å². The third-order valence-corrected chi connectivity index (χ3v) is 4.22. The Bertz CT molecular complexity index is 551. The lowest BCUT2D eigenvalue weighted by Crippen LogP contribution is -2.20. The van der Waals surface area contributed by atoms with E-state index >= 15 is 0 Å². The van der Waals surface area contributed by atoms with E-state index in [0.29, 0.717) is 6.54 Å². The summed E-state index contributed by atoms with van der Waals surface area (Å²) >= 11 is 1.89. The van der Waals surface area contributed by atoms with E-state index < -0.39 is 0 Å². The van der Waals surface area contributed by atoms with Gasteiger partial charge in [0.15, 0.2) is 0 Å². The smallest absolute Gasteiger partial charge is 0.0231 e. The van der Waals surface area contributed by atoms with Crippen molar-refractivity contribution in [3.05, 3.63) is 59.7 Å². The third-order valence-electron chi connectivity index (χ3n) is 3.63. The maximum Gasteiger partial charge on any atom is 0.0231 e. The summed E-state index contributed by atoms with van der Waals surface area (Å²) in [5, 5.41) is 0. The molecule has 0 aliphatic carbocycles. The molecule has 0 atom stereocenters. The number of nitrogens with zero attached hydrogens (tertiary/aromatic N) is 1. The predicted octanol–water partition coefficient (Wildman–Crippen LogP) is 3.61. The van der Waals surface area contributed by atoms with Gasteiger partial charge in [0.2, 0.25) is 0 Å². The highest BCUT2D eigenvalue weighted by molar-refractivity contribution is 7.98. The molecule has 2 aromatic rings. The van der Waals surface area contributed by atoms with Crippen molar-refractivity contribution in [2.75, 3.05) is 25.6 Å². The predicted molar refractivity (Wildman–Crippen MR) is 94.5 cm³/mol. The second-order valence-corrected chi connectivity index (χ2v) is 6.27. The summed E-state index contributed by atoms with van der Waals surface area (Å²) < 4.78 is 0. The van der Waals surface area contributed by atoms with Crippen LogP contribution in [0.1, 0.15) is 11.1 Å². The van der Waals surface area contributed by atoms with Crippen LogP contribution >= 0.6 is 11.8 Å². The summed E-state index contributed by atoms with van der Waals surface area (Å²) in [6.07, 6.45) is 2.15. The monoisotopic (exact) mass is 300 g/mol. The summed E-state index contributed by atoms with van der Waals surface area (Å²) in [6, 6.07) is 17.2. The Morgan fingerprint density at radius 1 is 1.05 bits per heavy atom. The minimum absolute atomic E-state index is 0.579. The zero-order chi connectivity index (χ0) is 15.1. The van der Waals surface area contributed by atoms with E-state index in [2.05, 4.69) is 60.7 Å². The quantitative estimate of drug-likeness (QED) is 0.847. The maximum atomic E-state index is 5.82. The maximum absolute atomic E-state index is 5.82. The molecular weight excluding hydrogens is 276 g/mol. The minimum Gasteiger partial charge on any atom is -0.326 e. The Morgan fingerprint density at radius 2 is 1.76 bits per heavy atom. The van der Waals surface area contributed by atoms with E-state index in [1.165, 1.54) is 28.0 Å². The Kier molecular flexibility index (Phi) is 6.30. The fourth-order valence-electron chi connectivity index (χ4n) is 2.41. The van der Waals surface area contributed by atoms with Gasteiger partial charge in [-0.15, -0.1) is 0 Å². The highest BCUT2D eigenvalue weighted by Crippen LogP contribution is 2.24. The van der Waals surface area contributed by atoms with Crippen LogP contribution in [0.15, 0.2) is 48.5 Å². The third kappa shape index (κ3) is 4.60. The van der Waals surface area contributed by atoms with Gasteiger partial charge in [-0.05, 0) is 35.6 Å². The van der Waals surface area contributed by atoms with Crippen LogP contribution in [0.25, 0.3) is 11.1 Å². The Labute approximate surface area is 132 Å². The zero-order valence-electron chi connectivity index (χ0n) is 12.9. The molecule has 0 saturated carbocycles. The van der Waals surface area contributed by atoms with E-state index in [0.717, 1.165) is 13.1 Å². The van der Waals surface area contributed by atoms with Gasteiger partial charge in [0.1, 0.15) is 0 Å². The van der Waals surface area contributed by atoms with Gasteiger partial charge >= 0.3 is 0 Å². The molecule has 0 fully saturated rings. The summed E-state index contributed by atoms with van der Waals surface area (Å²) in [7, 11) is 2.17. The van der Waals surface area contributed by atoms with Gasteiger partial charge in [-0.3, -0.25) is 0 Å². The van der Waals surface area contributed by atoms with Crippen molar-refractivity contribution in [3.8, 4) is 11.1 Å². The lowest BCUT2D eigenvalue weighted by Gasteiger charge is -2.16. The van der Waals surface area contributed by atoms with E-state index in [-0.39, 0.29) is 0 Å². The second-order valence-electron chi connectivity index (χ2n) is 5.29. The molecule has 3 heteroatoms. The topological polar surface area (TPSA) is 29.3 Å². The van der Waals surface area contributed by atoms with Crippen molar-refractivity contribution in [1.29, 1.82) is 0 Å². The van der Waals surface area contributed by atoms with Gasteiger partial charge in [0, 0.05) is 25.4 Å². The van der Waals surface area contributed by atoms with E-state index in [1.54, 1.807) is 0 Å². The Morgan fingerprint density at radius 3 is 2.43 bits per heavy atom. The molecule has 0 saturated heterocycles. The van der Waals surface area contributed by atoms with Crippen molar-refractivity contribution < 1.29 is 0 Å². The standard InChI is InChI=1S/C18H24N2S/c1-20(11-12-21-2)14-15-7-9-16(10-8-15)18-6-4-3-5-17(18)13-19/h3-10H,11-14,19H2,1-2H3. The molecule has 0 bridgehead atoms. The molecule has 21 heavy (non-hydrogen) atoms. The van der Waals surface area contributed by atoms with Crippen LogP contribution in [0.5, 0.6) is 0 Å². The molecule has 0 spiro atoms. The molecule has 112 valence electrons. The van der Waals surface area contributed by atoms with E-state index in [4.69, 9.17) is 5.73 Å². The molecule has 0 aliphatic rings. The number of hydrogen-bond donors (Lipinski definition) is 1. The van der Waals surface area contributed by atoms with Crippen LogP contribution < -0.4 is 5.73 Å². The van der Waals surface area contributed by atoms with E-state index in [9.17, 15) is 0 Å². The van der Waals surface area contributed by atoms with Crippen LogP contribution in [0.3, 0.4) is 0 Å². The average Bonchev–Trinajstić information content (AvgIpc) is 2.53. The molecule has 0 amide bonds. The first kappa shape index (κ1) is 16.1. The van der Waals surface area contributed by atoms with E-state index in [1.807, 2.05) is 17.8 Å². The van der Waals surface area contributed by atoms with Gasteiger partial charge in [-0.1, -0.05) is 48.5 Å². The van der Waals surface area contributed by atoms with Crippen LogP contribution in [-0.2, 0) is 13.1 Å². The van der Waals surface area contributed by atoms with Crippen LogP contribution in [0, 0.1) is 0 Å². The summed E-state index contributed by atoms with van der Waals surface area (Å²) in [5.41, 5.74) is 10.9. The number of thioether (sulfide) groups is 1. The summed E-state index contributed by atoms with van der Waals surface area (Å²) in [4.78, 5) is 2.36. The molecular formula is C18H24N2S.